The van der Waals surface area contributed by atoms with Crippen molar-refractivity contribution in [1.29, 1.82) is 0 Å². The van der Waals surface area contributed by atoms with E-state index in [2.05, 4.69) is 33.5 Å². The first-order valence-electron chi connectivity index (χ1n) is 8.14. The highest BCUT2D eigenvalue weighted by molar-refractivity contribution is 9.10. The van der Waals surface area contributed by atoms with Gasteiger partial charge in [0, 0.05) is 29.3 Å². The molecule has 0 bridgehead atoms. The summed E-state index contributed by atoms with van der Waals surface area (Å²) in [5.41, 5.74) is 0.840. The molecule has 1 aromatic rings. The van der Waals surface area contributed by atoms with Crippen LogP contribution in [-0.2, 0) is 9.59 Å². The van der Waals surface area contributed by atoms with Gasteiger partial charge in [-0.3, -0.25) is 9.59 Å². The van der Waals surface area contributed by atoms with Crippen LogP contribution < -0.4 is 15.5 Å². The maximum Gasteiger partial charge on any atom is 0.239 e. The average Bonchev–Trinajstić information content (AvgIpc) is 2.91. The molecule has 0 aromatic heterocycles. The van der Waals surface area contributed by atoms with E-state index < -0.39 is 5.92 Å². The van der Waals surface area contributed by atoms with E-state index in [1.54, 1.807) is 4.90 Å². The zero-order valence-electron chi connectivity index (χ0n) is 13.2. The number of anilines is 1. The van der Waals surface area contributed by atoms with E-state index in [0.717, 1.165) is 29.7 Å². The monoisotopic (exact) mass is 379 g/mol. The molecule has 0 spiro atoms. The minimum atomic E-state index is -0.567. The molecule has 2 aliphatic heterocycles. The van der Waals surface area contributed by atoms with Crippen LogP contribution in [0.1, 0.15) is 19.8 Å². The molecule has 5 nitrogen and oxygen atoms in total. The van der Waals surface area contributed by atoms with Crippen molar-refractivity contribution in [3.8, 4) is 0 Å². The van der Waals surface area contributed by atoms with Crippen LogP contribution in [0.25, 0.3) is 0 Å². The molecule has 2 fully saturated rings. The van der Waals surface area contributed by atoms with Crippen molar-refractivity contribution in [3.63, 3.8) is 0 Å². The predicted octanol–water partition coefficient (Wildman–Crippen LogP) is 1.92. The molecule has 3 atom stereocenters. The Hall–Kier alpha value is -1.40. The molecule has 6 heteroatoms. The van der Waals surface area contributed by atoms with Gasteiger partial charge in [-0.1, -0.05) is 28.9 Å². The molecular formula is C17H22BrN3O2. The molecule has 2 N–H and O–H groups in total. The van der Waals surface area contributed by atoms with Crippen LogP contribution in [0.15, 0.2) is 28.7 Å². The lowest BCUT2D eigenvalue weighted by Crippen LogP contribution is -2.52. The van der Waals surface area contributed by atoms with Gasteiger partial charge in [-0.2, -0.15) is 0 Å². The second-order valence-electron chi connectivity index (χ2n) is 6.40. The molecule has 2 saturated heterocycles. The van der Waals surface area contributed by atoms with E-state index in [-0.39, 0.29) is 17.9 Å². The fraction of sp³-hybridized carbons (Fsp3) is 0.529. The molecule has 3 rings (SSSR count). The van der Waals surface area contributed by atoms with Crippen LogP contribution in [0.5, 0.6) is 0 Å². The van der Waals surface area contributed by atoms with E-state index >= 15 is 0 Å². The number of nitrogens with one attached hydrogen (secondary N) is 2. The minimum Gasteiger partial charge on any atom is -0.351 e. The number of carbonyl (C=O) groups excluding carboxylic acids is 2. The Kier molecular flexibility index (Phi) is 5.02. The zero-order chi connectivity index (χ0) is 16.4. The van der Waals surface area contributed by atoms with E-state index in [0.29, 0.717) is 18.9 Å². The number of hydrogen-bond acceptors (Lipinski definition) is 3. The van der Waals surface area contributed by atoms with Crippen LogP contribution in [0, 0.1) is 11.8 Å². The van der Waals surface area contributed by atoms with Crippen molar-refractivity contribution in [2.75, 3.05) is 24.5 Å². The maximum atomic E-state index is 12.6. The summed E-state index contributed by atoms with van der Waals surface area (Å²) in [4.78, 5) is 26.8. The molecule has 2 amide bonds. The summed E-state index contributed by atoms with van der Waals surface area (Å²) in [6.07, 6.45) is 1.62. The van der Waals surface area contributed by atoms with E-state index in [1.165, 1.54) is 0 Å². The molecule has 1 aromatic carbocycles. The third-order valence-electron chi connectivity index (χ3n) is 4.80. The van der Waals surface area contributed by atoms with Gasteiger partial charge in [-0.15, -0.1) is 0 Å². The summed E-state index contributed by atoms with van der Waals surface area (Å²) in [5, 5.41) is 6.36. The first-order valence-corrected chi connectivity index (χ1v) is 8.93. The minimum absolute atomic E-state index is 0.1000. The SMILES string of the molecule is CC1CCNCC1NC(=O)C1CCN(c2cccc(Br)c2)C1=O. The Labute approximate surface area is 144 Å². The molecule has 2 heterocycles. The van der Waals surface area contributed by atoms with E-state index in [1.807, 2.05) is 24.3 Å². The van der Waals surface area contributed by atoms with Gasteiger partial charge in [0.25, 0.3) is 0 Å². The largest absolute Gasteiger partial charge is 0.351 e. The van der Waals surface area contributed by atoms with Crippen molar-refractivity contribution >= 4 is 33.4 Å². The molecule has 0 aliphatic carbocycles. The first kappa shape index (κ1) is 16.5. The smallest absolute Gasteiger partial charge is 0.239 e. The number of rotatable bonds is 3. The summed E-state index contributed by atoms with van der Waals surface area (Å²) < 4.78 is 0.929. The average molecular weight is 380 g/mol. The van der Waals surface area contributed by atoms with Gasteiger partial charge < -0.3 is 15.5 Å². The van der Waals surface area contributed by atoms with Gasteiger partial charge >= 0.3 is 0 Å². The van der Waals surface area contributed by atoms with Crippen LogP contribution in [-0.4, -0.2) is 37.5 Å². The lowest BCUT2D eigenvalue weighted by atomic mass is 9.94. The van der Waals surface area contributed by atoms with Crippen LogP contribution in [0.3, 0.4) is 0 Å². The number of benzene rings is 1. The lowest BCUT2D eigenvalue weighted by Gasteiger charge is -2.30. The van der Waals surface area contributed by atoms with Gasteiger partial charge in [-0.05, 0) is 43.5 Å². The molecule has 124 valence electrons. The third-order valence-corrected chi connectivity index (χ3v) is 5.29. The van der Waals surface area contributed by atoms with Gasteiger partial charge in [0.05, 0.1) is 0 Å². The predicted molar refractivity (Wildman–Crippen MR) is 93.2 cm³/mol. The Morgan fingerprint density at radius 2 is 2.22 bits per heavy atom. The highest BCUT2D eigenvalue weighted by Gasteiger charge is 2.38. The fourth-order valence-corrected chi connectivity index (χ4v) is 3.68. The Balaban J connectivity index is 1.65. The molecule has 0 radical (unpaired) electrons. The normalized spacial score (nSPS) is 28.0. The summed E-state index contributed by atoms with van der Waals surface area (Å²) in [5.74, 6) is -0.355. The van der Waals surface area contributed by atoms with Gasteiger partial charge in [-0.25, -0.2) is 0 Å². The maximum absolute atomic E-state index is 12.6. The summed E-state index contributed by atoms with van der Waals surface area (Å²) in [6.45, 7) is 4.51. The number of amides is 2. The molecule has 0 saturated carbocycles. The number of piperidine rings is 1. The quantitative estimate of drug-likeness (QED) is 0.788. The van der Waals surface area contributed by atoms with Crippen molar-refractivity contribution in [3.05, 3.63) is 28.7 Å². The Morgan fingerprint density at radius 1 is 1.39 bits per heavy atom. The molecule has 2 aliphatic rings. The van der Waals surface area contributed by atoms with E-state index in [4.69, 9.17) is 0 Å². The highest BCUT2D eigenvalue weighted by atomic mass is 79.9. The van der Waals surface area contributed by atoms with Crippen LogP contribution in [0.2, 0.25) is 0 Å². The number of carbonyl (C=O) groups is 2. The number of nitrogens with zero attached hydrogens (tertiary/aromatic N) is 1. The summed E-state index contributed by atoms with van der Waals surface area (Å²) in [6, 6.07) is 7.74. The van der Waals surface area contributed by atoms with E-state index in [9.17, 15) is 9.59 Å². The Morgan fingerprint density at radius 3 is 2.96 bits per heavy atom. The van der Waals surface area contributed by atoms with Crippen molar-refractivity contribution < 1.29 is 9.59 Å². The Bertz CT molecular complexity index is 607. The highest BCUT2D eigenvalue weighted by Crippen LogP contribution is 2.27. The summed E-state index contributed by atoms with van der Waals surface area (Å²) >= 11 is 3.42. The van der Waals surface area contributed by atoms with Crippen LogP contribution >= 0.6 is 15.9 Å². The standard InChI is InChI=1S/C17H22BrN3O2/c1-11-5-7-19-10-15(11)20-16(22)14-6-8-21(17(14)23)13-4-2-3-12(18)9-13/h2-4,9,11,14-15,19H,5-8,10H2,1H3,(H,20,22). The van der Waals surface area contributed by atoms with Crippen molar-refractivity contribution in [2.24, 2.45) is 11.8 Å². The topological polar surface area (TPSA) is 61.4 Å². The van der Waals surface area contributed by atoms with Gasteiger partial charge in [0.2, 0.25) is 11.8 Å². The van der Waals surface area contributed by atoms with Crippen LogP contribution in [0.4, 0.5) is 5.69 Å². The first-order chi connectivity index (χ1) is 11.1. The van der Waals surface area contributed by atoms with Gasteiger partial charge in [0.15, 0.2) is 0 Å². The summed E-state index contributed by atoms with van der Waals surface area (Å²) in [7, 11) is 0. The molecule has 3 unspecified atom stereocenters. The third kappa shape index (κ3) is 3.58. The zero-order valence-corrected chi connectivity index (χ0v) is 14.8. The molecular weight excluding hydrogens is 358 g/mol. The van der Waals surface area contributed by atoms with Crippen molar-refractivity contribution in [1.82, 2.24) is 10.6 Å². The second kappa shape index (κ2) is 7.01. The second-order valence-corrected chi connectivity index (χ2v) is 7.31. The fourth-order valence-electron chi connectivity index (χ4n) is 3.29. The number of hydrogen-bond donors (Lipinski definition) is 2. The van der Waals surface area contributed by atoms with Crippen molar-refractivity contribution in [2.45, 2.75) is 25.8 Å². The molecule has 23 heavy (non-hydrogen) atoms. The lowest BCUT2D eigenvalue weighted by molar-refractivity contribution is -0.132. The van der Waals surface area contributed by atoms with Gasteiger partial charge in [0.1, 0.15) is 5.92 Å². The number of halogens is 1.